The van der Waals surface area contributed by atoms with Crippen LogP contribution in [0, 0.1) is 5.92 Å². The molecule has 1 aliphatic heterocycles. The fraction of sp³-hybridized carbons (Fsp3) is 0.435. The number of carbonyl (C=O) groups excluding carboxylic acids is 1. The number of ketones is 1. The fourth-order valence-electron chi connectivity index (χ4n) is 3.93. The maximum Gasteiger partial charge on any atom is 0.200 e. The fourth-order valence-corrected chi connectivity index (χ4v) is 3.93. The summed E-state index contributed by atoms with van der Waals surface area (Å²) in [6.07, 6.45) is 1.77. The normalized spacial score (nSPS) is 16.7. The molecule has 0 aliphatic carbocycles. The Hall–Kier alpha value is -2.93. The summed E-state index contributed by atoms with van der Waals surface area (Å²) in [5.74, 6) is 1.89. The minimum Gasteiger partial charge on any atom is -0.502 e. The minimum atomic E-state index is -0.109. The maximum atomic E-state index is 13.2. The Bertz CT molecular complexity index is 872. The first-order chi connectivity index (χ1) is 14.5. The summed E-state index contributed by atoms with van der Waals surface area (Å²) in [6, 6.07) is 8.90. The molecule has 3 rings (SSSR count). The van der Waals surface area contributed by atoms with Gasteiger partial charge in [0.1, 0.15) is 11.5 Å². The Morgan fingerprint density at radius 1 is 1.00 bits per heavy atom. The monoisotopic (exact) mass is 415 g/mol. The van der Waals surface area contributed by atoms with Crippen LogP contribution in [0.3, 0.4) is 0 Å². The third-order valence-electron chi connectivity index (χ3n) is 5.50. The zero-order chi connectivity index (χ0) is 21.7. The largest absolute Gasteiger partial charge is 0.502 e. The summed E-state index contributed by atoms with van der Waals surface area (Å²) in [7, 11) is 6.17. The van der Waals surface area contributed by atoms with Gasteiger partial charge in [0, 0.05) is 25.1 Å². The molecule has 0 radical (unpaired) electrons. The highest BCUT2D eigenvalue weighted by atomic mass is 16.5. The number of ether oxygens (including phenoxy) is 4. The number of phenolic OH excluding ortho intramolecular Hbond substituents is 1. The van der Waals surface area contributed by atoms with Gasteiger partial charge in [-0.05, 0) is 49.2 Å². The zero-order valence-corrected chi connectivity index (χ0v) is 17.9. The lowest BCUT2D eigenvalue weighted by atomic mass is 9.89. The second kappa shape index (κ2) is 9.71. The Morgan fingerprint density at radius 2 is 1.67 bits per heavy atom. The SMILES string of the molecule is COc1ccc(C(=O)C2CCCN(Cc3cc(OC)c(O)c(OC)c3)C2)c(OC)c1. The first-order valence-corrected chi connectivity index (χ1v) is 9.93. The predicted molar refractivity (Wildman–Crippen MR) is 113 cm³/mol. The van der Waals surface area contributed by atoms with E-state index in [0.717, 1.165) is 24.9 Å². The number of likely N-dealkylation sites (tertiary alicyclic amines) is 1. The van der Waals surface area contributed by atoms with Crippen molar-refractivity contribution in [2.45, 2.75) is 19.4 Å². The number of hydrogen-bond acceptors (Lipinski definition) is 7. The number of piperidine rings is 1. The second-order valence-electron chi connectivity index (χ2n) is 7.35. The van der Waals surface area contributed by atoms with Gasteiger partial charge in [-0.3, -0.25) is 9.69 Å². The molecule has 7 heteroatoms. The number of rotatable bonds is 8. The molecule has 0 aromatic heterocycles. The molecule has 0 amide bonds. The summed E-state index contributed by atoms with van der Waals surface area (Å²) in [5.41, 5.74) is 1.54. The van der Waals surface area contributed by atoms with Crippen molar-refractivity contribution in [3.8, 4) is 28.7 Å². The second-order valence-corrected chi connectivity index (χ2v) is 7.35. The average molecular weight is 415 g/mol. The van der Waals surface area contributed by atoms with Gasteiger partial charge in [0.2, 0.25) is 5.75 Å². The molecule has 2 aromatic rings. The number of phenols is 1. The van der Waals surface area contributed by atoms with E-state index in [1.54, 1.807) is 44.6 Å². The molecule has 7 nitrogen and oxygen atoms in total. The topological polar surface area (TPSA) is 77.5 Å². The van der Waals surface area contributed by atoms with E-state index in [-0.39, 0.29) is 17.5 Å². The first-order valence-electron chi connectivity index (χ1n) is 9.93. The Kier molecular flexibility index (Phi) is 7.05. The highest BCUT2D eigenvalue weighted by Crippen LogP contribution is 2.38. The third-order valence-corrected chi connectivity index (χ3v) is 5.50. The van der Waals surface area contributed by atoms with Gasteiger partial charge in [0.15, 0.2) is 17.3 Å². The van der Waals surface area contributed by atoms with E-state index < -0.39 is 0 Å². The molecule has 1 N–H and O–H groups in total. The molecule has 1 fully saturated rings. The van der Waals surface area contributed by atoms with Crippen molar-refractivity contribution in [3.05, 3.63) is 41.5 Å². The lowest BCUT2D eigenvalue weighted by Gasteiger charge is -2.32. The van der Waals surface area contributed by atoms with Crippen LogP contribution >= 0.6 is 0 Å². The van der Waals surface area contributed by atoms with Crippen molar-refractivity contribution in [1.82, 2.24) is 4.90 Å². The summed E-state index contributed by atoms with van der Waals surface area (Å²) >= 11 is 0. The maximum absolute atomic E-state index is 13.2. The van der Waals surface area contributed by atoms with E-state index in [1.807, 2.05) is 0 Å². The van der Waals surface area contributed by atoms with E-state index in [4.69, 9.17) is 18.9 Å². The predicted octanol–water partition coefficient (Wildman–Crippen LogP) is 3.52. The highest BCUT2D eigenvalue weighted by molar-refractivity contribution is 6.00. The molecule has 1 aliphatic rings. The molecule has 1 saturated heterocycles. The molecular formula is C23H29NO6. The summed E-state index contributed by atoms with van der Waals surface area (Å²) in [6.45, 7) is 2.19. The van der Waals surface area contributed by atoms with Crippen LogP contribution in [0.15, 0.2) is 30.3 Å². The Balaban J connectivity index is 1.75. The van der Waals surface area contributed by atoms with Crippen LogP contribution in [-0.2, 0) is 6.54 Å². The lowest BCUT2D eigenvalue weighted by Crippen LogP contribution is -2.38. The molecule has 1 heterocycles. The van der Waals surface area contributed by atoms with Gasteiger partial charge in [0.05, 0.1) is 34.0 Å². The summed E-state index contributed by atoms with van der Waals surface area (Å²) < 4.78 is 21.2. The van der Waals surface area contributed by atoms with Gasteiger partial charge in [-0.2, -0.15) is 0 Å². The zero-order valence-electron chi connectivity index (χ0n) is 17.9. The van der Waals surface area contributed by atoms with E-state index >= 15 is 0 Å². The van der Waals surface area contributed by atoms with Crippen molar-refractivity contribution in [2.75, 3.05) is 41.5 Å². The van der Waals surface area contributed by atoms with Crippen LogP contribution in [0.25, 0.3) is 0 Å². The molecule has 0 spiro atoms. The van der Waals surface area contributed by atoms with Crippen molar-refractivity contribution >= 4 is 5.78 Å². The molecule has 0 saturated carbocycles. The van der Waals surface area contributed by atoms with Gasteiger partial charge in [-0.1, -0.05) is 0 Å². The van der Waals surface area contributed by atoms with Gasteiger partial charge in [-0.15, -0.1) is 0 Å². The van der Waals surface area contributed by atoms with Crippen molar-refractivity contribution in [3.63, 3.8) is 0 Å². The van der Waals surface area contributed by atoms with E-state index in [2.05, 4.69) is 4.90 Å². The van der Waals surface area contributed by atoms with Crippen LogP contribution in [0.2, 0.25) is 0 Å². The van der Waals surface area contributed by atoms with E-state index in [1.165, 1.54) is 14.2 Å². The molecule has 30 heavy (non-hydrogen) atoms. The minimum absolute atomic E-state index is 0.0120. The molecule has 1 atom stereocenters. The quantitative estimate of drug-likeness (QED) is 0.661. The van der Waals surface area contributed by atoms with Crippen LogP contribution in [0.5, 0.6) is 28.7 Å². The van der Waals surface area contributed by atoms with Gasteiger partial charge in [-0.25, -0.2) is 0 Å². The first kappa shape index (κ1) is 21.8. The molecule has 1 unspecified atom stereocenters. The lowest BCUT2D eigenvalue weighted by molar-refractivity contribution is 0.0808. The number of nitrogens with zero attached hydrogens (tertiary/aromatic N) is 1. The number of Topliss-reactive ketones (excluding diaryl/α,β-unsaturated/α-hetero) is 1. The summed E-state index contributed by atoms with van der Waals surface area (Å²) in [5, 5.41) is 10.1. The Labute approximate surface area is 177 Å². The standard InChI is InChI=1S/C23H29NO6/c1-27-17-7-8-18(19(12-17)28-2)22(25)16-6-5-9-24(14-16)13-15-10-20(29-3)23(26)21(11-15)30-4/h7-8,10-12,16,26H,5-6,9,13-14H2,1-4H3. The van der Waals surface area contributed by atoms with E-state index in [0.29, 0.717) is 41.7 Å². The van der Waals surface area contributed by atoms with Gasteiger partial charge < -0.3 is 24.1 Å². The molecular weight excluding hydrogens is 386 g/mol. The van der Waals surface area contributed by atoms with E-state index in [9.17, 15) is 9.90 Å². The third kappa shape index (κ3) is 4.62. The van der Waals surface area contributed by atoms with Crippen molar-refractivity contribution < 1.29 is 28.8 Å². The highest BCUT2D eigenvalue weighted by Gasteiger charge is 2.29. The van der Waals surface area contributed by atoms with Crippen LogP contribution in [0.4, 0.5) is 0 Å². The van der Waals surface area contributed by atoms with Crippen LogP contribution in [0.1, 0.15) is 28.8 Å². The van der Waals surface area contributed by atoms with Crippen LogP contribution < -0.4 is 18.9 Å². The van der Waals surface area contributed by atoms with Gasteiger partial charge >= 0.3 is 0 Å². The van der Waals surface area contributed by atoms with Gasteiger partial charge in [0.25, 0.3) is 0 Å². The average Bonchev–Trinajstić information content (AvgIpc) is 2.79. The summed E-state index contributed by atoms with van der Waals surface area (Å²) in [4.78, 5) is 15.4. The molecule has 0 bridgehead atoms. The smallest absolute Gasteiger partial charge is 0.200 e. The number of aromatic hydroxyl groups is 1. The van der Waals surface area contributed by atoms with Crippen LogP contribution in [-0.4, -0.2) is 57.3 Å². The number of methoxy groups -OCH3 is 4. The van der Waals surface area contributed by atoms with Crippen molar-refractivity contribution in [1.29, 1.82) is 0 Å². The number of benzene rings is 2. The molecule has 2 aromatic carbocycles. The Morgan fingerprint density at radius 3 is 2.27 bits per heavy atom. The number of carbonyl (C=O) groups is 1. The number of hydrogen-bond donors (Lipinski definition) is 1. The molecule has 162 valence electrons. The van der Waals surface area contributed by atoms with Crippen molar-refractivity contribution in [2.24, 2.45) is 5.92 Å².